The van der Waals surface area contributed by atoms with E-state index >= 15 is 0 Å². The van der Waals surface area contributed by atoms with Crippen molar-refractivity contribution in [3.63, 3.8) is 0 Å². The van der Waals surface area contributed by atoms with Gasteiger partial charge in [0, 0.05) is 11.1 Å². The molecule has 0 N–H and O–H groups in total. The third-order valence-electron chi connectivity index (χ3n) is 4.31. The minimum Gasteiger partial charge on any atom is -0.448 e. The summed E-state index contributed by atoms with van der Waals surface area (Å²) in [7, 11) is 0. The Labute approximate surface area is 166 Å². The SMILES string of the molecule is Cc1ccc(-c2nnc(C(C)OC(=O)c3sccc3-c3ccccc3)o2)cc1. The molecule has 2 aromatic heterocycles. The van der Waals surface area contributed by atoms with Crippen LogP contribution in [0.4, 0.5) is 0 Å². The zero-order valence-electron chi connectivity index (χ0n) is 15.5. The van der Waals surface area contributed by atoms with E-state index in [4.69, 9.17) is 9.15 Å². The molecule has 2 aromatic carbocycles. The largest absolute Gasteiger partial charge is 0.448 e. The van der Waals surface area contributed by atoms with Crippen LogP contribution in [0.15, 0.2) is 70.5 Å². The molecule has 5 nitrogen and oxygen atoms in total. The number of hydrogen-bond donors (Lipinski definition) is 0. The van der Waals surface area contributed by atoms with Crippen molar-refractivity contribution in [1.29, 1.82) is 0 Å². The van der Waals surface area contributed by atoms with E-state index in [0.29, 0.717) is 10.8 Å². The molecular weight excluding hydrogens is 372 g/mol. The molecule has 4 rings (SSSR count). The highest BCUT2D eigenvalue weighted by Gasteiger charge is 2.23. The molecule has 1 atom stereocenters. The predicted octanol–water partition coefficient (Wildman–Crippen LogP) is 5.69. The number of benzene rings is 2. The van der Waals surface area contributed by atoms with Crippen molar-refractivity contribution in [2.75, 3.05) is 0 Å². The lowest BCUT2D eigenvalue weighted by atomic mass is 10.1. The second-order valence-electron chi connectivity index (χ2n) is 6.39. The molecule has 0 bridgehead atoms. The second-order valence-corrected chi connectivity index (χ2v) is 7.30. The van der Waals surface area contributed by atoms with Gasteiger partial charge in [0.05, 0.1) is 0 Å². The van der Waals surface area contributed by atoms with E-state index in [1.165, 1.54) is 11.3 Å². The number of thiophene rings is 1. The van der Waals surface area contributed by atoms with Crippen LogP contribution in [0.25, 0.3) is 22.6 Å². The van der Waals surface area contributed by atoms with Gasteiger partial charge in [-0.05, 0) is 43.0 Å². The fourth-order valence-electron chi connectivity index (χ4n) is 2.79. The van der Waals surface area contributed by atoms with Crippen LogP contribution in [0.2, 0.25) is 0 Å². The fraction of sp³-hybridized carbons (Fsp3) is 0.136. The van der Waals surface area contributed by atoms with E-state index in [1.807, 2.05) is 73.0 Å². The molecule has 0 saturated heterocycles. The molecule has 2 heterocycles. The highest BCUT2D eigenvalue weighted by Crippen LogP contribution is 2.30. The van der Waals surface area contributed by atoms with Crippen molar-refractivity contribution in [3.8, 4) is 22.6 Å². The topological polar surface area (TPSA) is 65.2 Å². The minimum absolute atomic E-state index is 0.266. The number of rotatable bonds is 5. The maximum absolute atomic E-state index is 12.7. The first kappa shape index (κ1) is 18.1. The second kappa shape index (κ2) is 7.78. The van der Waals surface area contributed by atoms with Gasteiger partial charge >= 0.3 is 5.97 Å². The van der Waals surface area contributed by atoms with E-state index in [9.17, 15) is 4.79 Å². The summed E-state index contributed by atoms with van der Waals surface area (Å²) in [5.74, 6) is 0.261. The Morgan fingerprint density at radius 1 is 1.00 bits per heavy atom. The summed E-state index contributed by atoms with van der Waals surface area (Å²) in [5.41, 5.74) is 3.81. The maximum atomic E-state index is 12.7. The predicted molar refractivity (Wildman–Crippen MR) is 108 cm³/mol. The van der Waals surface area contributed by atoms with E-state index in [2.05, 4.69) is 10.2 Å². The summed E-state index contributed by atoms with van der Waals surface area (Å²) in [6.45, 7) is 3.74. The van der Waals surface area contributed by atoms with Crippen molar-refractivity contribution >= 4 is 17.3 Å². The van der Waals surface area contributed by atoms with Gasteiger partial charge in [0.15, 0.2) is 6.10 Å². The Bertz CT molecular complexity index is 1080. The molecule has 6 heteroatoms. The van der Waals surface area contributed by atoms with Crippen molar-refractivity contribution < 1.29 is 13.9 Å². The molecule has 0 fully saturated rings. The van der Waals surface area contributed by atoms with E-state index in [1.54, 1.807) is 6.92 Å². The minimum atomic E-state index is -0.648. The number of carbonyl (C=O) groups excluding carboxylic acids is 1. The fourth-order valence-corrected chi connectivity index (χ4v) is 3.59. The van der Waals surface area contributed by atoms with Crippen LogP contribution in [0, 0.1) is 6.92 Å². The van der Waals surface area contributed by atoms with Crippen molar-refractivity contribution in [3.05, 3.63) is 82.4 Å². The number of ether oxygens (including phenoxy) is 1. The van der Waals surface area contributed by atoms with Gasteiger partial charge in [0.2, 0.25) is 5.89 Å². The van der Waals surface area contributed by atoms with Gasteiger partial charge in [0.25, 0.3) is 5.89 Å². The quantitative estimate of drug-likeness (QED) is 0.410. The van der Waals surface area contributed by atoms with Gasteiger partial charge < -0.3 is 9.15 Å². The van der Waals surface area contributed by atoms with Gasteiger partial charge in [0.1, 0.15) is 4.88 Å². The Morgan fingerprint density at radius 2 is 1.75 bits per heavy atom. The molecule has 0 spiro atoms. The molecule has 0 aliphatic heterocycles. The molecule has 4 aromatic rings. The molecular formula is C22H18N2O3S. The molecule has 0 radical (unpaired) electrons. The maximum Gasteiger partial charge on any atom is 0.349 e. The molecule has 0 aliphatic carbocycles. The van der Waals surface area contributed by atoms with Gasteiger partial charge in [-0.3, -0.25) is 0 Å². The highest BCUT2D eigenvalue weighted by molar-refractivity contribution is 7.12. The number of aryl methyl sites for hydroxylation is 1. The highest BCUT2D eigenvalue weighted by atomic mass is 32.1. The average molecular weight is 390 g/mol. The van der Waals surface area contributed by atoms with Crippen molar-refractivity contribution in [1.82, 2.24) is 10.2 Å². The lowest BCUT2D eigenvalue weighted by Gasteiger charge is -2.10. The first-order chi connectivity index (χ1) is 13.6. The number of carbonyl (C=O) groups is 1. The Morgan fingerprint density at radius 3 is 2.50 bits per heavy atom. The summed E-state index contributed by atoms with van der Waals surface area (Å²) < 4.78 is 11.3. The molecule has 0 saturated carbocycles. The van der Waals surface area contributed by atoms with Gasteiger partial charge in [-0.25, -0.2) is 4.79 Å². The van der Waals surface area contributed by atoms with Gasteiger partial charge in [-0.2, -0.15) is 0 Å². The number of aromatic nitrogens is 2. The summed E-state index contributed by atoms with van der Waals surface area (Å²) in [4.78, 5) is 13.2. The van der Waals surface area contributed by atoms with Crippen LogP contribution in [-0.4, -0.2) is 16.2 Å². The monoisotopic (exact) mass is 390 g/mol. The van der Waals surface area contributed by atoms with E-state index in [-0.39, 0.29) is 5.89 Å². The van der Waals surface area contributed by atoms with Gasteiger partial charge in [-0.1, -0.05) is 48.0 Å². The molecule has 0 aliphatic rings. The summed E-state index contributed by atoms with van der Waals surface area (Å²) in [5, 5.41) is 9.99. The number of esters is 1. The third-order valence-corrected chi connectivity index (χ3v) is 5.20. The number of nitrogens with zero attached hydrogens (tertiary/aromatic N) is 2. The normalized spacial score (nSPS) is 11.9. The Hall–Kier alpha value is -3.25. The lowest BCUT2D eigenvalue weighted by molar-refractivity contribution is 0.0286. The van der Waals surface area contributed by atoms with Crippen LogP contribution in [-0.2, 0) is 4.74 Å². The average Bonchev–Trinajstić information content (AvgIpc) is 3.39. The van der Waals surface area contributed by atoms with Crippen LogP contribution in [0.1, 0.15) is 34.2 Å². The van der Waals surface area contributed by atoms with Crippen LogP contribution >= 0.6 is 11.3 Å². The Kier molecular flexibility index (Phi) is 5.04. The van der Waals surface area contributed by atoms with Crippen LogP contribution < -0.4 is 0 Å². The molecule has 28 heavy (non-hydrogen) atoms. The number of hydrogen-bond acceptors (Lipinski definition) is 6. The first-order valence-corrected chi connectivity index (χ1v) is 9.74. The van der Waals surface area contributed by atoms with E-state index in [0.717, 1.165) is 22.3 Å². The zero-order valence-corrected chi connectivity index (χ0v) is 16.3. The summed E-state index contributed by atoms with van der Waals surface area (Å²) >= 11 is 1.35. The van der Waals surface area contributed by atoms with E-state index < -0.39 is 12.1 Å². The standard InChI is InChI=1S/C22H18N2O3S/c1-14-8-10-17(11-9-14)21-24-23-20(27-21)15(2)26-22(25)19-18(12-13-28-19)16-6-4-3-5-7-16/h3-13,15H,1-2H3. The smallest absolute Gasteiger partial charge is 0.349 e. The third kappa shape index (κ3) is 3.73. The van der Waals surface area contributed by atoms with Crippen LogP contribution in [0.3, 0.4) is 0 Å². The molecule has 140 valence electrons. The lowest BCUT2D eigenvalue weighted by Crippen LogP contribution is -2.09. The Balaban J connectivity index is 1.50. The van der Waals surface area contributed by atoms with Gasteiger partial charge in [-0.15, -0.1) is 21.5 Å². The van der Waals surface area contributed by atoms with Crippen molar-refractivity contribution in [2.45, 2.75) is 20.0 Å². The van der Waals surface area contributed by atoms with Crippen LogP contribution in [0.5, 0.6) is 0 Å². The summed E-state index contributed by atoms with van der Waals surface area (Å²) in [6, 6.07) is 19.5. The zero-order chi connectivity index (χ0) is 19.5. The summed E-state index contributed by atoms with van der Waals surface area (Å²) in [6.07, 6.45) is -0.648. The molecule has 0 amide bonds. The first-order valence-electron chi connectivity index (χ1n) is 8.86. The van der Waals surface area contributed by atoms with Crippen molar-refractivity contribution in [2.24, 2.45) is 0 Å². The molecule has 1 unspecified atom stereocenters.